The molecule has 152 valence electrons. The monoisotopic (exact) mass is 424 g/mol. The number of nitrogens with two attached hydrogens (primary N) is 1. The highest BCUT2D eigenvalue weighted by Crippen LogP contribution is 2.32. The summed E-state index contributed by atoms with van der Waals surface area (Å²) < 4.78 is 63.1. The van der Waals surface area contributed by atoms with Gasteiger partial charge in [-0.2, -0.15) is 18.3 Å². The number of anilines is 1. The van der Waals surface area contributed by atoms with Crippen molar-refractivity contribution in [2.45, 2.75) is 11.1 Å². The van der Waals surface area contributed by atoms with E-state index in [1.54, 1.807) is 18.2 Å². The molecule has 1 amide bonds. The summed E-state index contributed by atoms with van der Waals surface area (Å²) in [6, 6.07) is 12.0. The van der Waals surface area contributed by atoms with Crippen LogP contribution in [-0.2, 0) is 23.2 Å². The van der Waals surface area contributed by atoms with E-state index in [0.717, 1.165) is 10.9 Å². The minimum atomic E-state index is -4.78. The number of carbonyl (C=O) groups is 1. The quantitative estimate of drug-likeness (QED) is 0.671. The molecule has 0 aliphatic rings. The zero-order valence-electron chi connectivity index (χ0n) is 14.9. The fraction of sp³-hybridized carbons (Fsp3) is 0.111. The Morgan fingerprint density at radius 3 is 2.31 bits per heavy atom. The summed E-state index contributed by atoms with van der Waals surface area (Å²) in [7, 11) is -2.58. The third-order valence-electron chi connectivity index (χ3n) is 4.01. The van der Waals surface area contributed by atoms with Crippen molar-refractivity contribution < 1.29 is 26.4 Å². The molecule has 1 heterocycles. The lowest BCUT2D eigenvalue weighted by atomic mass is 10.0. The van der Waals surface area contributed by atoms with Gasteiger partial charge >= 0.3 is 6.18 Å². The molecule has 3 N–H and O–H groups in total. The molecule has 0 saturated carbocycles. The molecule has 0 spiro atoms. The van der Waals surface area contributed by atoms with Crippen LogP contribution in [0, 0.1) is 0 Å². The van der Waals surface area contributed by atoms with Crippen LogP contribution < -0.4 is 10.5 Å². The lowest BCUT2D eigenvalue weighted by Crippen LogP contribution is -2.18. The smallest absolute Gasteiger partial charge is 0.321 e. The second-order valence-corrected chi connectivity index (χ2v) is 7.69. The number of primary sulfonamides is 1. The molecule has 0 atom stereocenters. The molecule has 0 unspecified atom stereocenters. The molecule has 3 rings (SSSR count). The van der Waals surface area contributed by atoms with Crippen molar-refractivity contribution in [3.8, 4) is 11.1 Å². The fourth-order valence-electron chi connectivity index (χ4n) is 2.72. The Balaban J connectivity index is 1.96. The first-order chi connectivity index (χ1) is 13.5. The van der Waals surface area contributed by atoms with Gasteiger partial charge in [0.25, 0.3) is 5.91 Å². The highest BCUT2D eigenvalue weighted by atomic mass is 32.2. The summed E-state index contributed by atoms with van der Waals surface area (Å²) in [4.78, 5) is 12.4. The Kier molecular flexibility index (Phi) is 5.20. The number of halogens is 3. The number of hydrogen-bond acceptors (Lipinski definition) is 4. The zero-order chi connectivity index (χ0) is 21.4. The van der Waals surface area contributed by atoms with Crippen molar-refractivity contribution >= 4 is 21.6 Å². The molecule has 0 fully saturated rings. The summed E-state index contributed by atoms with van der Waals surface area (Å²) in [5.74, 6) is -0.973. The topological polar surface area (TPSA) is 107 Å². The van der Waals surface area contributed by atoms with Crippen molar-refractivity contribution in [3.05, 3.63) is 66.0 Å². The van der Waals surface area contributed by atoms with Gasteiger partial charge in [0.15, 0.2) is 5.69 Å². The Morgan fingerprint density at radius 1 is 1.10 bits per heavy atom. The fourth-order valence-corrected chi connectivity index (χ4v) is 3.24. The van der Waals surface area contributed by atoms with Gasteiger partial charge in [-0.25, -0.2) is 13.6 Å². The number of nitrogens with zero attached hydrogens (tertiary/aromatic N) is 2. The summed E-state index contributed by atoms with van der Waals surface area (Å²) >= 11 is 0. The minimum absolute atomic E-state index is 0.0899. The lowest BCUT2D eigenvalue weighted by Gasteiger charge is -2.12. The predicted molar refractivity (Wildman–Crippen MR) is 99.4 cm³/mol. The van der Waals surface area contributed by atoms with Gasteiger partial charge in [0.2, 0.25) is 10.0 Å². The largest absolute Gasteiger partial charge is 0.435 e. The molecule has 2 aromatic carbocycles. The Labute approximate surface area is 164 Å². The van der Waals surface area contributed by atoms with Crippen LogP contribution in [0.25, 0.3) is 11.1 Å². The number of aryl methyl sites for hydroxylation is 1. The first kappa shape index (κ1) is 20.6. The van der Waals surface area contributed by atoms with Gasteiger partial charge in [0.1, 0.15) is 0 Å². The van der Waals surface area contributed by atoms with Gasteiger partial charge in [-0.05, 0) is 23.8 Å². The summed E-state index contributed by atoms with van der Waals surface area (Å²) in [6.45, 7) is 0. The van der Waals surface area contributed by atoms with Crippen LogP contribution in [0.5, 0.6) is 0 Å². The molecule has 1 aromatic heterocycles. The van der Waals surface area contributed by atoms with E-state index in [9.17, 15) is 26.4 Å². The minimum Gasteiger partial charge on any atom is -0.321 e. The zero-order valence-corrected chi connectivity index (χ0v) is 15.8. The number of sulfonamides is 1. The first-order valence-electron chi connectivity index (χ1n) is 8.11. The van der Waals surface area contributed by atoms with Gasteiger partial charge in [-0.1, -0.05) is 30.3 Å². The maximum absolute atomic E-state index is 13.1. The highest BCUT2D eigenvalue weighted by Gasteiger charge is 2.39. The number of carbonyl (C=O) groups excluding carboxylic acids is 1. The normalized spacial score (nSPS) is 12.0. The number of benzene rings is 2. The van der Waals surface area contributed by atoms with E-state index in [1.165, 1.54) is 37.4 Å². The molecule has 7 nitrogen and oxygen atoms in total. The SMILES string of the molecule is Cn1cc(C(=O)Nc2ccccc2-c2ccc(S(N)(=O)=O)cc2)c(C(F)(F)F)n1. The van der Waals surface area contributed by atoms with Crippen LogP contribution in [0.15, 0.2) is 59.6 Å². The van der Waals surface area contributed by atoms with Crippen LogP contribution in [0.4, 0.5) is 18.9 Å². The molecule has 11 heteroatoms. The van der Waals surface area contributed by atoms with Crippen LogP contribution >= 0.6 is 0 Å². The maximum atomic E-state index is 13.1. The van der Waals surface area contributed by atoms with Gasteiger partial charge in [-0.15, -0.1) is 0 Å². The Hall–Kier alpha value is -3.18. The van der Waals surface area contributed by atoms with Gasteiger partial charge in [0, 0.05) is 24.5 Å². The second kappa shape index (κ2) is 7.33. The van der Waals surface area contributed by atoms with Crippen molar-refractivity contribution in [1.82, 2.24) is 9.78 Å². The number of aromatic nitrogens is 2. The van der Waals surface area contributed by atoms with Gasteiger partial charge < -0.3 is 5.32 Å². The summed E-state index contributed by atoms with van der Waals surface area (Å²) in [6.07, 6.45) is -3.79. The second-order valence-electron chi connectivity index (χ2n) is 6.13. The van der Waals surface area contributed by atoms with Gasteiger partial charge in [0.05, 0.1) is 10.5 Å². The lowest BCUT2D eigenvalue weighted by molar-refractivity contribution is -0.141. The average Bonchev–Trinajstić information content (AvgIpc) is 3.04. The van der Waals surface area contributed by atoms with Crippen molar-refractivity contribution in [3.63, 3.8) is 0 Å². The average molecular weight is 424 g/mol. The van der Waals surface area contributed by atoms with E-state index in [0.29, 0.717) is 11.1 Å². The standard InChI is InChI=1S/C18H15F3N4O3S/c1-25-10-14(16(24-25)18(19,20)21)17(26)23-15-5-3-2-4-13(15)11-6-8-12(9-7-11)29(22,27)28/h2-10H,1H3,(H,23,26)(H2,22,27,28). The van der Waals surface area contributed by atoms with Gasteiger partial charge in [-0.3, -0.25) is 9.48 Å². The van der Waals surface area contributed by atoms with E-state index in [4.69, 9.17) is 5.14 Å². The van der Waals surface area contributed by atoms with Crippen molar-refractivity contribution in [1.29, 1.82) is 0 Å². The molecule has 29 heavy (non-hydrogen) atoms. The van der Waals surface area contributed by atoms with E-state index >= 15 is 0 Å². The predicted octanol–water partition coefficient (Wildman–Crippen LogP) is 3.01. The maximum Gasteiger partial charge on any atom is 0.435 e. The van der Waals surface area contributed by atoms with Crippen LogP contribution in [-0.4, -0.2) is 24.1 Å². The van der Waals surface area contributed by atoms with Crippen LogP contribution in [0.2, 0.25) is 0 Å². The van der Waals surface area contributed by atoms with E-state index in [1.807, 2.05) is 0 Å². The van der Waals surface area contributed by atoms with E-state index < -0.39 is 33.4 Å². The number of hydrogen-bond donors (Lipinski definition) is 2. The third-order valence-corrected chi connectivity index (χ3v) is 4.94. The first-order valence-corrected chi connectivity index (χ1v) is 9.66. The molecule has 0 saturated heterocycles. The molecule has 0 aliphatic heterocycles. The molecular weight excluding hydrogens is 409 g/mol. The Bertz CT molecular complexity index is 1170. The van der Waals surface area contributed by atoms with Crippen LogP contribution in [0.3, 0.4) is 0 Å². The summed E-state index contributed by atoms with van der Waals surface area (Å²) in [5.41, 5.74) is -0.625. The number of alkyl halides is 3. The molecule has 0 radical (unpaired) electrons. The molecular formula is C18H15F3N4O3S. The number of nitrogens with one attached hydrogen (secondary N) is 1. The van der Waals surface area contributed by atoms with Crippen LogP contribution in [0.1, 0.15) is 16.1 Å². The molecule has 3 aromatic rings. The number of amides is 1. The summed E-state index contributed by atoms with van der Waals surface area (Å²) in [5, 5.41) is 10.9. The van der Waals surface area contributed by atoms with Crippen molar-refractivity contribution in [2.75, 3.05) is 5.32 Å². The van der Waals surface area contributed by atoms with E-state index in [-0.39, 0.29) is 10.6 Å². The molecule has 0 bridgehead atoms. The van der Waals surface area contributed by atoms with E-state index in [2.05, 4.69) is 10.4 Å². The third kappa shape index (κ3) is 4.46. The Morgan fingerprint density at radius 2 is 1.72 bits per heavy atom. The highest BCUT2D eigenvalue weighted by molar-refractivity contribution is 7.89. The molecule has 0 aliphatic carbocycles. The number of rotatable bonds is 4. The number of para-hydroxylation sites is 1. The van der Waals surface area contributed by atoms with Crippen molar-refractivity contribution in [2.24, 2.45) is 12.2 Å².